The number of rotatable bonds is 4. The molecule has 0 N–H and O–H groups in total. The summed E-state index contributed by atoms with van der Waals surface area (Å²) in [5.74, 6) is -1.78. The second-order valence-corrected chi connectivity index (χ2v) is 4.74. The van der Waals surface area contributed by atoms with Crippen molar-refractivity contribution in [1.29, 1.82) is 0 Å². The Morgan fingerprint density at radius 2 is 2.29 bits per heavy atom. The van der Waals surface area contributed by atoms with Gasteiger partial charge in [0.05, 0.1) is 0 Å². The molecule has 0 aromatic carbocycles. The van der Waals surface area contributed by atoms with E-state index in [1.54, 1.807) is 23.4 Å². The van der Waals surface area contributed by atoms with Gasteiger partial charge in [-0.2, -0.15) is 13.2 Å². The number of halogens is 3. The molecule has 1 aromatic heterocycles. The Kier molecular flexibility index (Phi) is 4.62. The minimum Gasteiger partial charge on any atom is -0.362 e. The van der Waals surface area contributed by atoms with E-state index in [1.165, 1.54) is 13.3 Å². The lowest BCUT2D eigenvalue weighted by molar-refractivity contribution is -0.167. The first-order chi connectivity index (χ1) is 9.91. The van der Waals surface area contributed by atoms with Crippen LogP contribution in [0.15, 0.2) is 36.3 Å². The first-order valence-electron chi connectivity index (χ1n) is 6.41. The minimum atomic E-state index is -4.84. The van der Waals surface area contributed by atoms with Crippen LogP contribution in [0.25, 0.3) is 0 Å². The van der Waals surface area contributed by atoms with Crippen LogP contribution in [0.2, 0.25) is 0 Å². The van der Waals surface area contributed by atoms with Gasteiger partial charge in [-0.05, 0) is 24.5 Å². The number of allylic oxidation sites excluding steroid dienone is 1. The molecule has 1 unspecified atom stereocenters. The molecular weight excluding hydrogens is 285 g/mol. The van der Waals surface area contributed by atoms with Gasteiger partial charge in [0.15, 0.2) is 0 Å². The second-order valence-electron chi connectivity index (χ2n) is 4.74. The van der Waals surface area contributed by atoms with Gasteiger partial charge in [-0.3, -0.25) is 9.78 Å². The van der Waals surface area contributed by atoms with Gasteiger partial charge in [0.2, 0.25) is 0 Å². The summed E-state index contributed by atoms with van der Waals surface area (Å²) in [6.07, 6.45) is -0.311. The summed E-state index contributed by atoms with van der Waals surface area (Å²) < 4.78 is 42.8. The molecule has 2 rings (SSSR count). The number of carbonyl (C=O) groups is 1. The maximum absolute atomic E-state index is 12.5. The van der Waals surface area contributed by atoms with E-state index in [9.17, 15) is 18.0 Å². The van der Waals surface area contributed by atoms with Crippen LogP contribution in [0, 0.1) is 0 Å². The molecule has 0 radical (unpaired) electrons. The molecule has 0 aliphatic carbocycles. The third-order valence-corrected chi connectivity index (χ3v) is 3.26. The highest BCUT2D eigenvalue weighted by Gasteiger charge is 2.41. The average Bonchev–Trinajstić information content (AvgIpc) is 2.46. The molecule has 1 aliphatic heterocycles. The fraction of sp³-hybridized carbons (Fsp3) is 0.429. The van der Waals surface area contributed by atoms with E-state index in [0.29, 0.717) is 13.0 Å². The van der Waals surface area contributed by atoms with Gasteiger partial charge in [-0.15, -0.1) is 0 Å². The quantitative estimate of drug-likeness (QED) is 0.857. The number of alkyl halides is 3. The van der Waals surface area contributed by atoms with Crippen LogP contribution in [-0.2, 0) is 16.1 Å². The Morgan fingerprint density at radius 3 is 2.86 bits per heavy atom. The summed E-state index contributed by atoms with van der Waals surface area (Å²) in [4.78, 5) is 16.9. The maximum Gasteiger partial charge on any atom is 0.454 e. The molecule has 0 amide bonds. The van der Waals surface area contributed by atoms with Gasteiger partial charge in [-0.1, -0.05) is 6.07 Å². The third kappa shape index (κ3) is 3.81. The molecule has 0 spiro atoms. The maximum atomic E-state index is 12.5. The Balaban J connectivity index is 2.20. The first kappa shape index (κ1) is 15.5. The van der Waals surface area contributed by atoms with Crippen molar-refractivity contribution < 1.29 is 22.7 Å². The van der Waals surface area contributed by atoms with Crippen molar-refractivity contribution in [1.82, 2.24) is 9.88 Å². The Hall–Kier alpha value is -1.89. The predicted octanol–water partition coefficient (Wildman–Crippen LogP) is 2.67. The van der Waals surface area contributed by atoms with Gasteiger partial charge in [-0.25, -0.2) is 0 Å². The topological polar surface area (TPSA) is 42.4 Å². The van der Waals surface area contributed by atoms with Crippen molar-refractivity contribution in [2.24, 2.45) is 0 Å². The zero-order valence-electron chi connectivity index (χ0n) is 11.4. The zero-order chi connectivity index (χ0) is 15.5. The summed E-state index contributed by atoms with van der Waals surface area (Å²) in [5.41, 5.74) is 0.594. The van der Waals surface area contributed by atoms with E-state index < -0.39 is 12.0 Å². The van der Waals surface area contributed by atoms with Crippen LogP contribution in [0.1, 0.15) is 18.4 Å². The third-order valence-electron chi connectivity index (χ3n) is 3.26. The fourth-order valence-electron chi connectivity index (χ4n) is 2.25. The van der Waals surface area contributed by atoms with Gasteiger partial charge >= 0.3 is 6.18 Å². The number of nitrogens with zero attached hydrogens (tertiary/aromatic N) is 2. The van der Waals surface area contributed by atoms with Crippen LogP contribution in [0.4, 0.5) is 13.2 Å². The summed E-state index contributed by atoms with van der Waals surface area (Å²) in [5, 5.41) is 0. The SMILES string of the molecule is COC1CCC(C(=O)C(F)(F)F)=CN1Cc1cccnc1. The van der Waals surface area contributed by atoms with Crippen molar-refractivity contribution in [2.45, 2.75) is 31.8 Å². The van der Waals surface area contributed by atoms with Crippen LogP contribution in [0.5, 0.6) is 0 Å². The summed E-state index contributed by atoms with van der Waals surface area (Å²) >= 11 is 0. The van der Waals surface area contributed by atoms with Gasteiger partial charge in [0.25, 0.3) is 5.78 Å². The number of hydrogen-bond acceptors (Lipinski definition) is 4. The fourth-order valence-corrected chi connectivity index (χ4v) is 2.25. The van der Waals surface area contributed by atoms with E-state index >= 15 is 0 Å². The summed E-state index contributed by atoms with van der Waals surface area (Å²) in [6, 6.07) is 3.56. The minimum absolute atomic E-state index is 0.0559. The van der Waals surface area contributed by atoms with Crippen LogP contribution < -0.4 is 0 Å². The number of Topliss-reactive ketones (excluding diaryl/α,β-unsaturated/α-hetero) is 1. The van der Waals surface area contributed by atoms with Crippen LogP contribution in [-0.4, -0.2) is 35.2 Å². The molecular formula is C14H15F3N2O2. The Bertz CT molecular complexity index is 529. The molecule has 1 aromatic rings. The Labute approximate surface area is 120 Å². The molecule has 1 aliphatic rings. The molecule has 2 heterocycles. The number of carbonyl (C=O) groups excluding carboxylic acids is 1. The highest BCUT2D eigenvalue weighted by atomic mass is 19.4. The summed E-state index contributed by atoms with van der Waals surface area (Å²) in [6.45, 7) is 0.334. The predicted molar refractivity (Wildman–Crippen MR) is 69.0 cm³/mol. The van der Waals surface area contributed by atoms with E-state index in [1.807, 2.05) is 6.07 Å². The van der Waals surface area contributed by atoms with E-state index in [4.69, 9.17) is 4.74 Å². The average molecular weight is 300 g/mol. The number of methoxy groups -OCH3 is 1. The smallest absolute Gasteiger partial charge is 0.362 e. The van der Waals surface area contributed by atoms with Crippen molar-refractivity contribution >= 4 is 5.78 Å². The van der Waals surface area contributed by atoms with Gasteiger partial charge in [0, 0.05) is 37.8 Å². The van der Waals surface area contributed by atoms with Crippen molar-refractivity contribution in [3.63, 3.8) is 0 Å². The van der Waals surface area contributed by atoms with E-state index in [2.05, 4.69) is 4.98 Å². The van der Waals surface area contributed by atoms with Gasteiger partial charge < -0.3 is 9.64 Å². The molecule has 7 heteroatoms. The normalized spacial score (nSPS) is 19.3. The number of ether oxygens (including phenoxy) is 1. The second kappa shape index (κ2) is 6.26. The highest BCUT2D eigenvalue weighted by molar-refractivity contribution is 5.99. The lowest BCUT2D eigenvalue weighted by Gasteiger charge is -2.34. The highest BCUT2D eigenvalue weighted by Crippen LogP contribution is 2.29. The lowest BCUT2D eigenvalue weighted by Crippen LogP contribution is -2.38. The number of aromatic nitrogens is 1. The zero-order valence-corrected chi connectivity index (χ0v) is 11.4. The molecule has 21 heavy (non-hydrogen) atoms. The monoisotopic (exact) mass is 300 g/mol. The van der Waals surface area contributed by atoms with Crippen molar-refractivity contribution in [2.75, 3.05) is 7.11 Å². The molecule has 0 bridgehead atoms. The van der Waals surface area contributed by atoms with Crippen molar-refractivity contribution in [3.8, 4) is 0 Å². The van der Waals surface area contributed by atoms with E-state index in [-0.39, 0.29) is 18.2 Å². The molecule has 1 atom stereocenters. The number of pyridine rings is 1. The summed E-state index contributed by atoms with van der Waals surface area (Å²) in [7, 11) is 1.49. The Morgan fingerprint density at radius 1 is 1.52 bits per heavy atom. The van der Waals surface area contributed by atoms with E-state index in [0.717, 1.165) is 5.56 Å². The molecule has 4 nitrogen and oxygen atoms in total. The molecule has 0 saturated heterocycles. The molecule has 114 valence electrons. The largest absolute Gasteiger partial charge is 0.454 e. The van der Waals surface area contributed by atoms with Crippen LogP contribution in [0.3, 0.4) is 0 Å². The number of hydrogen-bond donors (Lipinski definition) is 0. The molecule has 0 saturated carbocycles. The van der Waals surface area contributed by atoms with Crippen LogP contribution >= 0.6 is 0 Å². The molecule has 0 fully saturated rings. The lowest BCUT2D eigenvalue weighted by atomic mass is 10.0. The number of ketones is 1. The van der Waals surface area contributed by atoms with Crippen molar-refractivity contribution in [3.05, 3.63) is 41.9 Å². The standard InChI is InChI=1S/C14H15F3N2O2/c1-21-12-5-4-11(13(20)14(15,16)17)9-19(12)8-10-3-2-6-18-7-10/h2-3,6-7,9,12H,4-5,8H2,1H3. The first-order valence-corrected chi connectivity index (χ1v) is 6.41. The van der Waals surface area contributed by atoms with Gasteiger partial charge in [0.1, 0.15) is 6.23 Å².